The molecule has 0 atom stereocenters. The molecule has 3 rings (SSSR count). The van der Waals surface area contributed by atoms with Crippen molar-refractivity contribution in [2.75, 3.05) is 33.3 Å². The average Bonchev–Trinajstić information content (AvgIpc) is 3.02. The molecule has 1 saturated heterocycles. The summed E-state index contributed by atoms with van der Waals surface area (Å²) < 4.78 is 36.4. The predicted octanol–water partition coefficient (Wildman–Crippen LogP) is 1.57. The third-order valence-electron chi connectivity index (χ3n) is 4.49. The molecule has 1 aromatic carbocycles. The number of aromatic nitrogens is 3. The Morgan fingerprint density at radius 2 is 1.89 bits per heavy atom. The lowest BCUT2D eigenvalue weighted by Crippen LogP contribution is -2.48. The Morgan fingerprint density at radius 3 is 2.48 bits per heavy atom. The van der Waals surface area contributed by atoms with Crippen LogP contribution in [0, 0.1) is 4.77 Å². The molecule has 0 aliphatic carbocycles. The molecule has 146 valence electrons. The maximum atomic E-state index is 12.8. The first kappa shape index (κ1) is 19.7. The molecule has 2 aromatic rings. The van der Waals surface area contributed by atoms with Gasteiger partial charge in [0.2, 0.25) is 10.0 Å². The normalized spacial score (nSPS) is 16.3. The van der Waals surface area contributed by atoms with Crippen LogP contribution in [0.2, 0.25) is 0 Å². The van der Waals surface area contributed by atoms with Gasteiger partial charge in [-0.05, 0) is 36.5 Å². The summed E-state index contributed by atoms with van der Waals surface area (Å²) in [5.41, 5.74) is 0. The summed E-state index contributed by atoms with van der Waals surface area (Å²) in [5.74, 6) is 0.631. The molecule has 0 bridgehead atoms. The van der Waals surface area contributed by atoms with E-state index in [9.17, 15) is 8.42 Å². The molecule has 0 radical (unpaired) electrons. The van der Waals surface area contributed by atoms with Crippen molar-refractivity contribution in [1.29, 1.82) is 0 Å². The highest BCUT2D eigenvalue weighted by molar-refractivity contribution is 7.89. The van der Waals surface area contributed by atoms with Crippen LogP contribution in [-0.4, -0.2) is 65.3 Å². The van der Waals surface area contributed by atoms with E-state index in [-0.39, 0.29) is 4.90 Å². The van der Waals surface area contributed by atoms with Crippen molar-refractivity contribution in [3.8, 4) is 5.75 Å². The largest absolute Gasteiger partial charge is 0.497 e. The number of benzene rings is 1. The van der Waals surface area contributed by atoms with E-state index in [1.165, 1.54) is 4.31 Å². The number of rotatable bonds is 7. The SMILES string of the molecule is C=CCn1cnn(CN2CCN(S(=O)(=O)c3ccc(OC)cc3)CC2)c1=S. The summed E-state index contributed by atoms with van der Waals surface area (Å²) in [6.07, 6.45) is 3.46. The summed E-state index contributed by atoms with van der Waals surface area (Å²) >= 11 is 5.40. The topological polar surface area (TPSA) is 72.6 Å². The van der Waals surface area contributed by atoms with Gasteiger partial charge in [0, 0.05) is 32.7 Å². The van der Waals surface area contributed by atoms with Gasteiger partial charge in [-0.2, -0.15) is 9.40 Å². The minimum absolute atomic E-state index is 0.280. The van der Waals surface area contributed by atoms with Gasteiger partial charge < -0.3 is 9.30 Å². The van der Waals surface area contributed by atoms with Gasteiger partial charge in [-0.25, -0.2) is 13.1 Å². The van der Waals surface area contributed by atoms with Crippen molar-refractivity contribution in [1.82, 2.24) is 23.6 Å². The van der Waals surface area contributed by atoms with Crippen molar-refractivity contribution in [3.05, 3.63) is 48.0 Å². The molecular weight excluding hydrogens is 386 g/mol. The second-order valence-electron chi connectivity index (χ2n) is 6.19. The molecule has 1 aliphatic rings. The molecule has 1 aromatic heterocycles. The van der Waals surface area contributed by atoms with E-state index in [0.717, 1.165) is 0 Å². The number of hydrogen-bond donors (Lipinski definition) is 0. The first-order valence-electron chi connectivity index (χ1n) is 8.55. The van der Waals surface area contributed by atoms with Crippen LogP contribution in [0.4, 0.5) is 0 Å². The molecule has 0 spiro atoms. The summed E-state index contributed by atoms with van der Waals surface area (Å²) in [6.45, 7) is 6.95. The van der Waals surface area contributed by atoms with Gasteiger partial charge in [0.25, 0.3) is 0 Å². The van der Waals surface area contributed by atoms with Gasteiger partial charge in [0.1, 0.15) is 12.1 Å². The number of piperazine rings is 1. The molecule has 10 heteroatoms. The maximum absolute atomic E-state index is 12.8. The maximum Gasteiger partial charge on any atom is 0.243 e. The molecule has 1 fully saturated rings. The Labute approximate surface area is 164 Å². The zero-order chi connectivity index (χ0) is 19.4. The van der Waals surface area contributed by atoms with E-state index in [1.54, 1.807) is 48.5 Å². The van der Waals surface area contributed by atoms with E-state index in [2.05, 4.69) is 16.6 Å². The molecule has 0 N–H and O–H groups in total. The molecule has 0 amide bonds. The Hall–Kier alpha value is -2.01. The first-order chi connectivity index (χ1) is 13.0. The van der Waals surface area contributed by atoms with Gasteiger partial charge in [-0.15, -0.1) is 6.58 Å². The highest BCUT2D eigenvalue weighted by Crippen LogP contribution is 2.20. The van der Waals surface area contributed by atoms with Gasteiger partial charge in [0.05, 0.1) is 18.7 Å². The highest BCUT2D eigenvalue weighted by atomic mass is 32.2. The summed E-state index contributed by atoms with van der Waals surface area (Å²) in [4.78, 5) is 2.42. The van der Waals surface area contributed by atoms with E-state index in [1.807, 2.05) is 4.57 Å². The Bertz CT molecular complexity index is 942. The van der Waals surface area contributed by atoms with Gasteiger partial charge in [-0.1, -0.05) is 6.08 Å². The summed E-state index contributed by atoms with van der Waals surface area (Å²) in [7, 11) is -1.95. The fourth-order valence-electron chi connectivity index (χ4n) is 2.93. The van der Waals surface area contributed by atoms with Gasteiger partial charge in [-0.3, -0.25) is 4.90 Å². The molecule has 27 heavy (non-hydrogen) atoms. The minimum Gasteiger partial charge on any atom is -0.497 e. The Kier molecular flexibility index (Phi) is 6.10. The second kappa shape index (κ2) is 8.34. The van der Waals surface area contributed by atoms with E-state index < -0.39 is 10.0 Å². The third-order valence-corrected chi connectivity index (χ3v) is 6.84. The molecule has 0 unspecified atom stereocenters. The van der Waals surface area contributed by atoms with E-state index in [4.69, 9.17) is 17.0 Å². The van der Waals surface area contributed by atoms with Crippen LogP contribution in [0.1, 0.15) is 0 Å². The van der Waals surface area contributed by atoms with Crippen LogP contribution in [0.3, 0.4) is 0 Å². The van der Waals surface area contributed by atoms with Crippen LogP contribution < -0.4 is 4.74 Å². The average molecular weight is 410 g/mol. The van der Waals surface area contributed by atoms with Crippen molar-refractivity contribution in [2.45, 2.75) is 18.1 Å². The van der Waals surface area contributed by atoms with Crippen LogP contribution in [0.5, 0.6) is 5.75 Å². The monoisotopic (exact) mass is 409 g/mol. The predicted molar refractivity (Wildman–Crippen MR) is 105 cm³/mol. The standard InChI is InChI=1S/C17H23N5O3S2/c1-3-8-20-13-18-22(17(20)26)14-19-9-11-21(12-10-19)27(23,24)16-6-4-15(25-2)5-7-16/h3-7,13H,1,8-12,14H2,2H3. The van der Waals surface area contributed by atoms with Gasteiger partial charge in [0.15, 0.2) is 4.77 Å². The minimum atomic E-state index is -3.50. The fourth-order valence-corrected chi connectivity index (χ4v) is 4.58. The highest BCUT2D eigenvalue weighted by Gasteiger charge is 2.28. The van der Waals surface area contributed by atoms with E-state index in [0.29, 0.717) is 49.9 Å². The van der Waals surface area contributed by atoms with Crippen molar-refractivity contribution in [2.24, 2.45) is 0 Å². The number of ether oxygens (including phenoxy) is 1. The van der Waals surface area contributed by atoms with Crippen LogP contribution >= 0.6 is 12.2 Å². The first-order valence-corrected chi connectivity index (χ1v) is 10.4. The molecular formula is C17H23N5O3S2. The van der Waals surface area contributed by atoms with Crippen LogP contribution in [0.25, 0.3) is 0 Å². The zero-order valence-corrected chi connectivity index (χ0v) is 16.8. The number of hydrogen-bond acceptors (Lipinski definition) is 6. The Balaban J connectivity index is 1.62. The Morgan fingerprint density at radius 1 is 1.22 bits per heavy atom. The number of allylic oxidation sites excluding steroid dienone is 1. The summed E-state index contributed by atoms with van der Waals surface area (Å²) in [5, 5.41) is 4.30. The number of nitrogens with zero attached hydrogens (tertiary/aromatic N) is 5. The third kappa shape index (κ3) is 4.29. The second-order valence-corrected chi connectivity index (χ2v) is 8.50. The van der Waals surface area contributed by atoms with Crippen LogP contribution in [0.15, 0.2) is 48.1 Å². The van der Waals surface area contributed by atoms with Crippen LogP contribution in [-0.2, 0) is 23.2 Å². The van der Waals surface area contributed by atoms with Crippen molar-refractivity contribution < 1.29 is 13.2 Å². The van der Waals surface area contributed by atoms with Gasteiger partial charge >= 0.3 is 0 Å². The molecule has 0 saturated carbocycles. The van der Waals surface area contributed by atoms with Crippen molar-refractivity contribution >= 4 is 22.2 Å². The lowest BCUT2D eigenvalue weighted by atomic mass is 10.3. The van der Waals surface area contributed by atoms with Crippen molar-refractivity contribution in [3.63, 3.8) is 0 Å². The lowest BCUT2D eigenvalue weighted by Gasteiger charge is -2.33. The molecule has 8 nitrogen and oxygen atoms in total. The zero-order valence-electron chi connectivity index (χ0n) is 15.2. The molecule has 1 aliphatic heterocycles. The lowest BCUT2D eigenvalue weighted by molar-refractivity contribution is 0.144. The quantitative estimate of drug-likeness (QED) is 0.511. The molecule has 2 heterocycles. The summed E-state index contributed by atoms with van der Waals surface area (Å²) in [6, 6.07) is 6.47. The fraction of sp³-hybridized carbons (Fsp3) is 0.412. The smallest absolute Gasteiger partial charge is 0.243 e. The number of methoxy groups -OCH3 is 1. The van der Waals surface area contributed by atoms with E-state index >= 15 is 0 Å². The number of sulfonamides is 1.